The summed E-state index contributed by atoms with van der Waals surface area (Å²) in [4.78, 5) is 24.2. The Kier molecular flexibility index (Phi) is 7.63. The van der Waals surface area contributed by atoms with E-state index in [1.165, 1.54) is 6.08 Å². The van der Waals surface area contributed by atoms with E-state index in [1.807, 2.05) is 0 Å². The van der Waals surface area contributed by atoms with Crippen molar-refractivity contribution in [1.82, 2.24) is 0 Å². The van der Waals surface area contributed by atoms with Crippen molar-refractivity contribution >= 4 is 29.4 Å². The van der Waals surface area contributed by atoms with E-state index < -0.39 is 30.0 Å². The Morgan fingerprint density at radius 3 is 2.27 bits per heavy atom. The van der Waals surface area contributed by atoms with Crippen LogP contribution in [0.4, 0.5) is 24.5 Å². The normalized spacial score (nSPS) is 18.8. The number of esters is 2. The molecular formula is C24H25F3N2O4. The second-order valence-corrected chi connectivity index (χ2v) is 7.98. The summed E-state index contributed by atoms with van der Waals surface area (Å²) in [6.45, 7) is 0.00899. The number of hydrogen-bond acceptors (Lipinski definition) is 6. The van der Waals surface area contributed by atoms with Gasteiger partial charge in [0.05, 0.1) is 11.8 Å². The molecule has 2 aromatic carbocycles. The number of carbonyl (C=O) groups excluding carboxylic acids is 2. The molecule has 0 amide bonds. The van der Waals surface area contributed by atoms with Gasteiger partial charge in [0.1, 0.15) is 12.4 Å². The topological polar surface area (TPSA) is 105 Å². The summed E-state index contributed by atoms with van der Waals surface area (Å²) < 4.78 is 48.7. The lowest BCUT2D eigenvalue weighted by Crippen LogP contribution is -2.31. The zero-order valence-corrected chi connectivity index (χ0v) is 17.8. The van der Waals surface area contributed by atoms with Crippen molar-refractivity contribution in [3.8, 4) is 5.75 Å². The molecule has 0 saturated heterocycles. The third-order valence-corrected chi connectivity index (χ3v) is 5.57. The zero-order valence-electron chi connectivity index (χ0n) is 17.8. The van der Waals surface area contributed by atoms with E-state index in [9.17, 15) is 22.8 Å². The number of benzene rings is 2. The Labute approximate surface area is 189 Å². The second-order valence-electron chi connectivity index (χ2n) is 7.98. The highest BCUT2D eigenvalue weighted by Crippen LogP contribution is 2.39. The fourth-order valence-corrected chi connectivity index (χ4v) is 3.61. The maximum atomic E-state index is 12.8. The van der Waals surface area contributed by atoms with Gasteiger partial charge in [0.25, 0.3) is 0 Å². The van der Waals surface area contributed by atoms with Gasteiger partial charge >= 0.3 is 18.1 Å². The molecule has 0 spiro atoms. The number of rotatable bonds is 6. The van der Waals surface area contributed by atoms with Gasteiger partial charge in [-0.15, -0.1) is 0 Å². The van der Waals surface area contributed by atoms with Gasteiger partial charge in [-0.2, -0.15) is 13.2 Å². The molecule has 0 aliphatic heterocycles. The van der Waals surface area contributed by atoms with Crippen molar-refractivity contribution < 1.29 is 32.2 Å². The molecule has 0 aromatic heterocycles. The lowest BCUT2D eigenvalue weighted by atomic mass is 9.82. The van der Waals surface area contributed by atoms with Crippen LogP contribution in [0.2, 0.25) is 0 Å². The third-order valence-electron chi connectivity index (χ3n) is 5.57. The minimum Gasteiger partial charge on any atom is -0.458 e. The van der Waals surface area contributed by atoms with E-state index in [0.29, 0.717) is 22.5 Å². The Morgan fingerprint density at radius 1 is 1.00 bits per heavy atom. The predicted octanol–water partition coefficient (Wildman–Crippen LogP) is 4.88. The molecule has 4 N–H and O–H groups in total. The SMILES string of the molecule is Nc1ccc(COC(=O)C=Cc2ccc(OC(=O)C3CCC(C(F)(F)F)CC3)cc2)c(N)c1. The summed E-state index contributed by atoms with van der Waals surface area (Å²) in [6, 6.07) is 11.3. The van der Waals surface area contributed by atoms with Crippen molar-refractivity contribution in [2.24, 2.45) is 11.8 Å². The van der Waals surface area contributed by atoms with E-state index in [-0.39, 0.29) is 38.0 Å². The van der Waals surface area contributed by atoms with Crippen LogP contribution in [-0.2, 0) is 20.9 Å². The average Bonchev–Trinajstić information content (AvgIpc) is 2.77. The number of alkyl halides is 3. The summed E-state index contributed by atoms with van der Waals surface area (Å²) in [5.74, 6) is -2.67. The maximum absolute atomic E-state index is 12.8. The molecule has 0 unspecified atom stereocenters. The molecular weight excluding hydrogens is 437 g/mol. The molecule has 1 saturated carbocycles. The lowest BCUT2D eigenvalue weighted by Gasteiger charge is -2.28. The van der Waals surface area contributed by atoms with Crippen LogP contribution in [0, 0.1) is 11.8 Å². The van der Waals surface area contributed by atoms with Crippen LogP contribution in [0.3, 0.4) is 0 Å². The van der Waals surface area contributed by atoms with Crippen LogP contribution in [0.5, 0.6) is 5.75 Å². The summed E-state index contributed by atoms with van der Waals surface area (Å²) in [6.07, 6.45) is -1.22. The quantitative estimate of drug-likeness (QED) is 0.274. The van der Waals surface area contributed by atoms with Gasteiger partial charge in [-0.1, -0.05) is 18.2 Å². The summed E-state index contributed by atoms with van der Waals surface area (Å²) >= 11 is 0. The number of carbonyl (C=O) groups is 2. The van der Waals surface area contributed by atoms with Crippen molar-refractivity contribution in [2.45, 2.75) is 38.5 Å². The Morgan fingerprint density at radius 2 is 1.67 bits per heavy atom. The Bertz CT molecular complexity index is 1010. The first-order valence-electron chi connectivity index (χ1n) is 10.5. The van der Waals surface area contributed by atoms with Crippen LogP contribution in [-0.4, -0.2) is 18.1 Å². The minimum atomic E-state index is -4.21. The van der Waals surface area contributed by atoms with Crippen molar-refractivity contribution in [3.63, 3.8) is 0 Å². The summed E-state index contributed by atoms with van der Waals surface area (Å²) in [7, 11) is 0. The van der Waals surface area contributed by atoms with Gasteiger partial charge < -0.3 is 20.9 Å². The smallest absolute Gasteiger partial charge is 0.391 e. The third kappa shape index (κ3) is 7.00. The lowest BCUT2D eigenvalue weighted by molar-refractivity contribution is -0.185. The highest BCUT2D eigenvalue weighted by Gasteiger charge is 2.42. The average molecular weight is 462 g/mol. The summed E-state index contributed by atoms with van der Waals surface area (Å²) in [5.41, 5.74) is 13.7. The largest absolute Gasteiger partial charge is 0.458 e. The van der Waals surface area contributed by atoms with Crippen LogP contribution < -0.4 is 16.2 Å². The van der Waals surface area contributed by atoms with Crippen molar-refractivity contribution in [1.29, 1.82) is 0 Å². The molecule has 176 valence electrons. The standard InChI is InChI=1S/C24H25F3N2O4/c25-24(26,27)18-7-4-16(5-8-18)23(31)33-20-10-1-15(2-11-20)3-12-22(30)32-14-17-6-9-19(28)13-21(17)29/h1-3,6,9-13,16,18H,4-5,7-8,14,28-29H2. The molecule has 3 rings (SSSR count). The van der Waals surface area contributed by atoms with Gasteiger partial charge in [-0.25, -0.2) is 4.79 Å². The number of nitrogens with two attached hydrogens (primary N) is 2. The molecule has 2 aromatic rings. The van der Waals surface area contributed by atoms with E-state index in [4.69, 9.17) is 20.9 Å². The minimum absolute atomic E-state index is 0.00899. The highest BCUT2D eigenvalue weighted by atomic mass is 19.4. The van der Waals surface area contributed by atoms with E-state index in [2.05, 4.69) is 0 Å². The predicted molar refractivity (Wildman–Crippen MR) is 118 cm³/mol. The fourth-order valence-electron chi connectivity index (χ4n) is 3.61. The zero-order chi connectivity index (χ0) is 24.0. The molecule has 9 heteroatoms. The summed E-state index contributed by atoms with van der Waals surface area (Å²) in [5, 5.41) is 0. The van der Waals surface area contributed by atoms with Gasteiger partial charge in [-0.3, -0.25) is 4.79 Å². The van der Waals surface area contributed by atoms with Crippen molar-refractivity contribution in [3.05, 3.63) is 59.7 Å². The van der Waals surface area contributed by atoms with Crippen LogP contribution in [0.25, 0.3) is 6.08 Å². The number of ether oxygens (including phenoxy) is 2. The fraction of sp³-hybridized carbons (Fsp3) is 0.333. The molecule has 33 heavy (non-hydrogen) atoms. The monoisotopic (exact) mass is 462 g/mol. The Hall–Kier alpha value is -3.49. The van der Waals surface area contributed by atoms with Gasteiger partial charge in [0.2, 0.25) is 0 Å². The van der Waals surface area contributed by atoms with Gasteiger partial charge in [0, 0.05) is 23.0 Å². The van der Waals surface area contributed by atoms with E-state index in [0.717, 1.165) is 0 Å². The number of halogens is 3. The van der Waals surface area contributed by atoms with E-state index in [1.54, 1.807) is 48.5 Å². The van der Waals surface area contributed by atoms with Crippen LogP contribution in [0.15, 0.2) is 48.5 Å². The van der Waals surface area contributed by atoms with Gasteiger partial charge in [-0.05, 0) is 61.6 Å². The molecule has 0 bridgehead atoms. The molecule has 0 radical (unpaired) electrons. The molecule has 6 nitrogen and oxygen atoms in total. The molecule has 1 fully saturated rings. The molecule has 0 heterocycles. The Balaban J connectivity index is 1.46. The van der Waals surface area contributed by atoms with Crippen molar-refractivity contribution in [2.75, 3.05) is 11.5 Å². The number of nitrogen functional groups attached to an aromatic ring is 2. The van der Waals surface area contributed by atoms with Gasteiger partial charge in [0.15, 0.2) is 0 Å². The number of hydrogen-bond donors (Lipinski definition) is 2. The first kappa shape index (κ1) is 24.2. The number of anilines is 2. The molecule has 1 aliphatic carbocycles. The first-order chi connectivity index (χ1) is 15.6. The van der Waals surface area contributed by atoms with Crippen LogP contribution in [0.1, 0.15) is 36.8 Å². The highest BCUT2D eigenvalue weighted by molar-refractivity contribution is 5.87. The van der Waals surface area contributed by atoms with E-state index >= 15 is 0 Å². The first-order valence-corrected chi connectivity index (χ1v) is 10.5. The van der Waals surface area contributed by atoms with Crippen LogP contribution >= 0.6 is 0 Å². The second kappa shape index (κ2) is 10.4. The maximum Gasteiger partial charge on any atom is 0.391 e. The molecule has 0 atom stereocenters. The molecule has 1 aliphatic rings.